The van der Waals surface area contributed by atoms with Crippen molar-refractivity contribution in [3.63, 3.8) is 0 Å². The van der Waals surface area contributed by atoms with Crippen molar-refractivity contribution in [2.45, 2.75) is 10.3 Å². The molecule has 1 atom stereocenters. The summed E-state index contributed by atoms with van der Waals surface area (Å²) in [6.45, 7) is 0.291. The molecule has 0 saturated carbocycles. The Hall–Kier alpha value is -1.32. The van der Waals surface area contributed by atoms with Crippen LogP contribution < -0.4 is 0 Å². The van der Waals surface area contributed by atoms with E-state index in [0.717, 1.165) is 6.07 Å². The third kappa shape index (κ3) is 3.63. The molecular formula is C15H12Cl2N2O4S2. The first kappa shape index (κ1) is 18.5. The van der Waals surface area contributed by atoms with Gasteiger partial charge in [-0.3, -0.25) is 10.1 Å². The number of halogens is 2. The lowest BCUT2D eigenvalue weighted by Crippen LogP contribution is -2.30. The van der Waals surface area contributed by atoms with Crippen LogP contribution in [0, 0.1) is 10.1 Å². The van der Waals surface area contributed by atoms with E-state index in [9.17, 15) is 18.5 Å². The maximum Gasteiger partial charge on any atom is 0.270 e. The van der Waals surface area contributed by atoms with Crippen LogP contribution in [0.25, 0.3) is 0 Å². The SMILES string of the molecule is O=[N+]([O-])c1cccc(S(=O)(=O)N2CCSC2c2ccc(Cl)cc2Cl)c1. The average molecular weight is 419 g/mol. The van der Waals surface area contributed by atoms with Crippen molar-refractivity contribution in [3.8, 4) is 0 Å². The summed E-state index contributed by atoms with van der Waals surface area (Å²) in [5.74, 6) is 0.595. The second-order valence-electron chi connectivity index (χ2n) is 5.26. The highest BCUT2D eigenvalue weighted by Crippen LogP contribution is 2.44. The first-order valence-electron chi connectivity index (χ1n) is 7.13. The topological polar surface area (TPSA) is 80.5 Å². The van der Waals surface area contributed by atoms with Gasteiger partial charge in [0.05, 0.1) is 15.2 Å². The fourth-order valence-corrected chi connectivity index (χ4v) is 6.43. The Bertz CT molecular complexity index is 937. The summed E-state index contributed by atoms with van der Waals surface area (Å²) >= 11 is 13.6. The predicted octanol–water partition coefficient (Wildman–Crippen LogP) is 4.34. The molecule has 0 bridgehead atoms. The van der Waals surface area contributed by atoms with E-state index < -0.39 is 20.3 Å². The Morgan fingerprint density at radius 1 is 1.20 bits per heavy atom. The van der Waals surface area contributed by atoms with Crippen molar-refractivity contribution in [3.05, 3.63) is 68.2 Å². The normalized spacial score (nSPS) is 18.4. The van der Waals surface area contributed by atoms with Gasteiger partial charge in [-0.15, -0.1) is 11.8 Å². The van der Waals surface area contributed by atoms with Crippen LogP contribution in [0.2, 0.25) is 10.0 Å². The van der Waals surface area contributed by atoms with Gasteiger partial charge in [0.1, 0.15) is 0 Å². The molecule has 1 fully saturated rings. The van der Waals surface area contributed by atoms with E-state index in [1.165, 1.54) is 34.3 Å². The number of nitro groups is 1. The Morgan fingerprint density at radius 3 is 2.64 bits per heavy atom. The molecule has 1 aliphatic heterocycles. The third-order valence-corrected chi connectivity index (χ3v) is 7.51. The van der Waals surface area contributed by atoms with Crippen molar-refractivity contribution in [1.29, 1.82) is 0 Å². The molecule has 1 unspecified atom stereocenters. The van der Waals surface area contributed by atoms with E-state index in [1.54, 1.807) is 18.2 Å². The van der Waals surface area contributed by atoms with Gasteiger partial charge in [-0.25, -0.2) is 8.42 Å². The number of thioether (sulfide) groups is 1. The summed E-state index contributed by atoms with van der Waals surface area (Å²) in [6.07, 6.45) is 0. The Kier molecular flexibility index (Phi) is 5.26. The van der Waals surface area contributed by atoms with Gasteiger partial charge in [0.15, 0.2) is 0 Å². The molecular weight excluding hydrogens is 407 g/mol. The summed E-state index contributed by atoms with van der Waals surface area (Å²) in [5.41, 5.74) is 0.372. The predicted molar refractivity (Wildman–Crippen MR) is 98.6 cm³/mol. The zero-order chi connectivity index (χ0) is 18.2. The standard InChI is InChI=1S/C15H12Cl2N2O4S2/c16-10-4-5-13(14(17)8-10)15-18(6-7-24-15)25(22,23)12-3-1-2-11(9-12)19(20)21/h1-5,8-9,15H,6-7H2. The van der Waals surface area contributed by atoms with Crippen molar-refractivity contribution in [2.24, 2.45) is 0 Å². The molecule has 25 heavy (non-hydrogen) atoms. The van der Waals surface area contributed by atoms with Crippen LogP contribution in [0.4, 0.5) is 5.69 Å². The fourth-order valence-electron chi connectivity index (χ4n) is 2.54. The molecule has 3 rings (SSSR count). The van der Waals surface area contributed by atoms with Crippen molar-refractivity contribution >= 4 is 50.7 Å². The number of rotatable bonds is 4. The van der Waals surface area contributed by atoms with Crippen molar-refractivity contribution in [2.75, 3.05) is 12.3 Å². The maximum atomic E-state index is 13.0. The van der Waals surface area contributed by atoms with Gasteiger partial charge in [-0.2, -0.15) is 4.31 Å². The summed E-state index contributed by atoms with van der Waals surface area (Å²) < 4.78 is 27.3. The van der Waals surface area contributed by atoms with Gasteiger partial charge < -0.3 is 0 Å². The zero-order valence-electron chi connectivity index (χ0n) is 12.6. The van der Waals surface area contributed by atoms with Gasteiger partial charge in [0.2, 0.25) is 10.0 Å². The zero-order valence-corrected chi connectivity index (χ0v) is 15.8. The molecule has 1 heterocycles. The highest BCUT2D eigenvalue weighted by Gasteiger charge is 2.38. The molecule has 0 aromatic heterocycles. The molecule has 1 aliphatic rings. The minimum atomic E-state index is -3.90. The van der Waals surface area contributed by atoms with Crippen LogP contribution in [0.3, 0.4) is 0 Å². The van der Waals surface area contributed by atoms with Crippen LogP contribution in [0.1, 0.15) is 10.9 Å². The van der Waals surface area contributed by atoms with E-state index in [0.29, 0.717) is 27.9 Å². The third-order valence-electron chi connectivity index (χ3n) is 3.71. The molecule has 2 aromatic carbocycles. The molecule has 6 nitrogen and oxygen atoms in total. The van der Waals surface area contributed by atoms with Gasteiger partial charge in [0.25, 0.3) is 5.69 Å². The Labute approximate surface area is 158 Å². The van der Waals surface area contributed by atoms with Crippen LogP contribution in [0.5, 0.6) is 0 Å². The maximum absolute atomic E-state index is 13.0. The van der Waals surface area contributed by atoms with Gasteiger partial charge in [-0.1, -0.05) is 35.3 Å². The number of hydrogen-bond acceptors (Lipinski definition) is 5. The molecule has 0 N–H and O–H groups in total. The lowest BCUT2D eigenvalue weighted by molar-refractivity contribution is -0.385. The molecule has 2 aromatic rings. The molecule has 132 valence electrons. The second kappa shape index (κ2) is 7.13. The van der Waals surface area contributed by atoms with Gasteiger partial charge >= 0.3 is 0 Å². The summed E-state index contributed by atoms with van der Waals surface area (Å²) in [7, 11) is -3.90. The first-order valence-corrected chi connectivity index (χ1v) is 10.4. The van der Waals surface area contributed by atoms with E-state index in [-0.39, 0.29) is 10.6 Å². The van der Waals surface area contributed by atoms with E-state index >= 15 is 0 Å². The molecule has 0 spiro atoms. The largest absolute Gasteiger partial charge is 0.270 e. The van der Waals surface area contributed by atoms with Gasteiger partial charge in [-0.05, 0) is 23.8 Å². The lowest BCUT2D eigenvalue weighted by atomic mass is 10.2. The minimum Gasteiger partial charge on any atom is -0.258 e. The number of non-ortho nitro benzene ring substituents is 1. The van der Waals surface area contributed by atoms with E-state index in [2.05, 4.69) is 0 Å². The van der Waals surface area contributed by atoms with Gasteiger partial charge in [0, 0.05) is 34.5 Å². The van der Waals surface area contributed by atoms with E-state index in [4.69, 9.17) is 23.2 Å². The molecule has 1 saturated heterocycles. The molecule has 10 heteroatoms. The van der Waals surface area contributed by atoms with Crippen LogP contribution in [0.15, 0.2) is 47.4 Å². The Morgan fingerprint density at radius 2 is 1.96 bits per heavy atom. The summed E-state index contributed by atoms with van der Waals surface area (Å²) in [5, 5.41) is 11.3. The molecule has 0 radical (unpaired) electrons. The number of nitro benzene ring substituents is 1. The number of benzene rings is 2. The summed E-state index contributed by atoms with van der Waals surface area (Å²) in [6, 6.07) is 9.95. The fraction of sp³-hybridized carbons (Fsp3) is 0.200. The summed E-state index contributed by atoms with van der Waals surface area (Å²) in [4.78, 5) is 10.2. The highest BCUT2D eigenvalue weighted by molar-refractivity contribution is 8.01. The quantitative estimate of drug-likeness (QED) is 0.544. The minimum absolute atomic E-state index is 0.112. The van der Waals surface area contributed by atoms with Crippen LogP contribution in [-0.2, 0) is 10.0 Å². The second-order valence-corrected chi connectivity index (χ2v) is 9.18. The highest BCUT2D eigenvalue weighted by atomic mass is 35.5. The van der Waals surface area contributed by atoms with Crippen LogP contribution in [-0.4, -0.2) is 29.9 Å². The Balaban J connectivity index is 2.01. The van der Waals surface area contributed by atoms with Crippen molar-refractivity contribution < 1.29 is 13.3 Å². The average Bonchev–Trinajstić information content (AvgIpc) is 3.05. The van der Waals surface area contributed by atoms with Crippen LogP contribution >= 0.6 is 35.0 Å². The van der Waals surface area contributed by atoms with E-state index in [1.807, 2.05) is 0 Å². The number of hydrogen-bond donors (Lipinski definition) is 0. The molecule has 0 aliphatic carbocycles. The monoisotopic (exact) mass is 418 g/mol. The number of nitrogens with zero attached hydrogens (tertiary/aromatic N) is 2. The van der Waals surface area contributed by atoms with Crippen molar-refractivity contribution in [1.82, 2.24) is 4.31 Å². The number of sulfonamides is 1. The first-order chi connectivity index (χ1) is 11.8. The molecule has 0 amide bonds. The lowest BCUT2D eigenvalue weighted by Gasteiger charge is -2.24. The smallest absolute Gasteiger partial charge is 0.258 e.